The number of aldehydes is 1. The second-order valence-electron chi connectivity index (χ2n) is 3.79. The predicted molar refractivity (Wildman–Crippen MR) is 80.5 cm³/mol. The SMILES string of the molecule is CC.COc1c(F)c(F)c(F)c(F)c1F.O=CC(F)(F)F.c1ccncc1. The summed E-state index contributed by atoms with van der Waals surface area (Å²) in [5.41, 5.74) is 0. The van der Waals surface area contributed by atoms with Crippen molar-refractivity contribution in [1.29, 1.82) is 0 Å². The van der Waals surface area contributed by atoms with E-state index in [2.05, 4.69) is 9.72 Å². The van der Waals surface area contributed by atoms with Crippen molar-refractivity contribution in [3.8, 4) is 5.75 Å². The molecule has 3 nitrogen and oxygen atoms in total. The van der Waals surface area contributed by atoms with Gasteiger partial charge in [-0.25, -0.2) is 13.2 Å². The fraction of sp³-hybridized carbons (Fsp3) is 0.250. The summed E-state index contributed by atoms with van der Waals surface area (Å²) in [4.78, 5) is 12.5. The first-order chi connectivity index (χ1) is 12.6. The first-order valence-corrected chi connectivity index (χ1v) is 7.00. The minimum atomic E-state index is -4.64. The van der Waals surface area contributed by atoms with Gasteiger partial charge in [-0.1, -0.05) is 19.9 Å². The monoisotopic (exact) mass is 405 g/mol. The zero-order valence-electron chi connectivity index (χ0n) is 14.3. The summed E-state index contributed by atoms with van der Waals surface area (Å²) in [6.45, 7) is 4.00. The van der Waals surface area contributed by atoms with Crippen molar-refractivity contribution in [2.75, 3.05) is 7.11 Å². The second kappa shape index (κ2) is 13.5. The van der Waals surface area contributed by atoms with Crippen molar-refractivity contribution < 1.29 is 44.7 Å². The number of carbonyl (C=O) groups excluding carboxylic acids is 1. The standard InChI is InChI=1S/C7H3F5O.C5H5N.C2HF3O.C2H6/c1-13-7-5(11)3(9)2(8)4(10)6(7)12;1-2-4-6-5-3-1;3-2(4,5)1-6;1-2/h1H3;1-5H;1H;1-2H3. The number of alkyl halides is 3. The fourth-order valence-corrected chi connectivity index (χ4v) is 1.08. The van der Waals surface area contributed by atoms with Crippen LogP contribution in [-0.4, -0.2) is 24.6 Å². The molecule has 0 aliphatic rings. The molecule has 0 fully saturated rings. The molecule has 11 heteroatoms. The third kappa shape index (κ3) is 10.1. The van der Waals surface area contributed by atoms with Crippen LogP contribution in [0.5, 0.6) is 5.75 Å². The molecule has 0 amide bonds. The summed E-state index contributed by atoms with van der Waals surface area (Å²) in [5.74, 6) is -11.5. The van der Waals surface area contributed by atoms with E-state index in [0.29, 0.717) is 0 Å². The van der Waals surface area contributed by atoms with Gasteiger partial charge >= 0.3 is 6.18 Å². The summed E-state index contributed by atoms with van der Waals surface area (Å²) in [6.07, 6.45) is -2.20. The Morgan fingerprint density at radius 3 is 1.33 bits per heavy atom. The largest absolute Gasteiger partial charge is 0.491 e. The zero-order chi connectivity index (χ0) is 21.6. The first-order valence-electron chi connectivity index (χ1n) is 7.00. The van der Waals surface area contributed by atoms with Crippen LogP contribution in [0.25, 0.3) is 0 Å². The van der Waals surface area contributed by atoms with Gasteiger partial charge in [0.25, 0.3) is 0 Å². The van der Waals surface area contributed by atoms with Crippen LogP contribution in [0.2, 0.25) is 0 Å². The first kappa shape index (κ1) is 26.5. The molecule has 1 aromatic carbocycles. The van der Waals surface area contributed by atoms with E-state index in [0.717, 1.165) is 7.11 Å². The van der Waals surface area contributed by atoms with Gasteiger partial charge in [-0.2, -0.15) is 22.0 Å². The molecule has 27 heavy (non-hydrogen) atoms. The molecule has 0 bridgehead atoms. The van der Waals surface area contributed by atoms with Crippen LogP contribution in [0, 0.1) is 29.1 Å². The van der Waals surface area contributed by atoms with Crippen molar-refractivity contribution in [2.24, 2.45) is 0 Å². The van der Waals surface area contributed by atoms with Crippen LogP contribution in [0.1, 0.15) is 13.8 Å². The van der Waals surface area contributed by atoms with E-state index in [1.165, 1.54) is 0 Å². The maximum absolute atomic E-state index is 12.6. The Bertz CT molecular complexity index is 623. The van der Waals surface area contributed by atoms with Crippen LogP contribution in [0.15, 0.2) is 30.6 Å². The smallest absolute Gasteiger partial charge is 0.446 e. The molecule has 0 unspecified atom stereocenters. The van der Waals surface area contributed by atoms with Gasteiger partial charge in [-0.15, -0.1) is 0 Å². The molecule has 0 saturated heterocycles. The molecule has 0 N–H and O–H groups in total. The van der Waals surface area contributed by atoms with E-state index in [1.54, 1.807) is 12.4 Å². The highest BCUT2D eigenvalue weighted by atomic mass is 19.4. The number of halogens is 8. The fourth-order valence-electron chi connectivity index (χ4n) is 1.08. The summed E-state index contributed by atoms with van der Waals surface area (Å²) in [7, 11) is 0.804. The van der Waals surface area contributed by atoms with Crippen LogP contribution >= 0.6 is 0 Å². The molecular formula is C16H15F8NO2. The Morgan fingerprint density at radius 1 is 0.815 bits per heavy atom. The molecule has 1 aromatic heterocycles. The van der Waals surface area contributed by atoms with Crippen molar-refractivity contribution in [1.82, 2.24) is 4.98 Å². The van der Waals surface area contributed by atoms with Gasteiger partial charge in [-0.05, 0) is 12.1 Å². The number of ether oxygens (including phenoxy) is 1. The Morgan fingerprint density at radius 2 is 1.15 bits per heavy atom. The molecule has 1 heterocycles. The normalized spacial score (nSPS) is 9.44. The number of rotatable bonds is 1. The van der Waals surface area contributed by atoms with Crippen LogP contribution < -0.4 is 4.74 Å². The minimum absolute atomic E-state index is 0.804. The third-order valence-electron chi connectivity index (χ3n) is 2.07. The number of pyridine rings is 1. The average Bonchev–Trinajstić information content (AvgIpc) is 2.69. The Labute approximate surface area is 149 Å². The van der Waals surface area contributed by atoms with Gasteiger partial charge in [0.05, 0.1) is 7.11 Å². The van der Waals surface area contributed by atoms with E-state index in [1.807, 2.05) is 32.0 Å². The molecule has 0 radical (unpaired) electrons. The highest BCUT2D eigenvalue weighted by Crippen LogP contribution is 2.28. The van der Waals surface area contributed by atoms with Gasteiger partial charge in [0.1, 0.15) is 0 Å². The number of carbonyl (C=O) groups is 1. The lowest BCUT2D eigenvalue weighted by Gasteiger charge is -2.05. The predicted octanol–water partition coefficient (Wildman–Crippen LogP) is 5.25. The van der Waals surface area contributed by atoms with Crippen molar-refractivity contribution in [3.05, 3.63) is 59.7 Å². The molecule has 0 spiro atoms. The van der Waals surface area contributed by atoms with Gasteiger partial charge in [0, 0.05) is 12.4 Å². The highest BCUT2D eigenvalue weighted by molar-refractivity contribution is 5.56. The summed E-state index contributed by atoms with van der Waals surface area (Å²) in [6, 6.07) is 5.72. The minimum Gasteiger partial charge on any atom is -0.491 e. The highest BCUT2D eigenvalue weighted by Gasteiger charge is 2.26. The molecule has 0 saturated carbocycles. The van der Waals surface area contributed by atoms with Gasteiger partial charge in [-0.3, -0.25) is 9.78 Å². The molecule has 0 aliphatic heterocycles. The van der Waals surface area contributed by atoms with E-state index in [9.17, 15) is 35.1 Å². The van der Waals surface area contributed by atoms with E-state index < -0.39 is 47.3 Å². The molecule has 2 rings (SSSR count). The Hall–Kier alpha value is -2.72. The van der Waals surface area contributed by atoms with Gasteiger partial charge in [0.15, 0.2) is 5.75 Å². The Kier molecular flexibility index (Phi) is 13.2. The number of hydrogen-bond acceptors (Lipinski definition) is 3. The van der Waals surface area contributed by atoms with Crippen LogP contribution in [0.4, 0.5) is 35.1 Å². The second-order valence-corrected chi connectivity index (χ2v) is 3.79. The van der Waals surface area contributed by atoms with Crippen molar-refractivity contribution in [2.45, 2.75) is 20.0 Å². The molecule has 2 aromatic rings. The number of nitrogens with zero attached hydrogens (tertiary/aromatic N) is 1. The van der Waals surface area contributed by atoms with Crippen LogP contribution in [0.3, 0.4) is 0 Å². The lowest BCUT2D eigenvalue weighted by atomic mass is 10.3. The lowest BCUT2D eigenvalue weighted by molar-refractivity contribution is -0.156. The van der Waals surface area contributed by atoms with E-state index >= 15 is 0 Å². The van der Waals surface area contributed by atoms with Crippen molar-refractivity contribution in [3.63, 3.8) is 0 Å². The topological polar surface area (TPSA) is 39.2 Å². The summed E-state index contributed by atoms with van der Waals surface area (Å²) >= 11 is 0. The molecule has 0 atom stereocenters. The number of hydrogen-bond donors (Lipinski definition) is 0. The summed E-state index contributed by atoms with van der Waals surface area (Å²) in [5, 5.41) is 0. The maximum atomic E-state index is 12.6. The molecule has 152 valence electrons. The van der Waals surface area contributed by atoms with Crippen molar-refractivity contribution >= 4 is 6.29 Å². The number of aromatic nitrogens is 1. The maximum Gasteiger partial charge on any atom is 0.446 e. The van der Waals surface area contributed by atoms with Gasteiger partial charge < -0.3 is 4.74 Å². The van der Waals surface area contributed by atoms with E-state index in [4.69, 9.17) is 4.79 Å². The van der Waals surface area contributed by atoms with E-state index in [-0.39, 0.29) is 0 Å². The quantitative estimate of drug-likeness (QED) is 0.282. The zero-order valence-corrected chi connectivity index (χ0v) is 14.3. The summed E-state index contributed by atoms with van der Waals surface area (Å²) < 4.78 is 97.4. The van der Waals surface area contributed by atoms with Crippen LogP contribution in [-0.2, 0) is 4.79 Å². The average molecular weight is 405 g/mol. The lowest BCUT2D eigenvalue weighted by Crippen LogP contribution is -2.07. The number of methoxy groups -OCH3 is 1. The molecular weight excluding hydrogens is 390 g/mol. The third-order valence-corrected chi connectivity index (χ3v) is 2.07. The molecule has 0 aliphatic carbocycles. The number of benzene rings is 1. The Balaban J connectivity index is 0. The van der Waals surface area contributed by atoms with Gasteiger partial charge in [0.2, 0.25) is 35.4 Å².